The second-order valence-corrected chi connectivity index (χ2v) is 8.25. The molecule has 2 heterocycles. The number of hydrogen-bond acceptors (Lipinski definition) is 3. The summed E-state index contributed by atoms with van der Waals surface area (Å²) in [4.78, 5) is 8.76. The standard InChI is InChI=1S/C27H30FN3/c1-6-7-8-9-23-13-11-22(18-30-23)25-17-24(12-10-19(25)2)31-20(3)21-14-15-29-26(16-21)27(4,5)28/h6,10-18,31H,1,3,7-9H2,2,4-5H3. The summed E-state index contributed by atoms with van der Waals surface area (Å²) in [5, 5.41) is 3.35. The van der Waals surface area contributed by atoms with E-state index in [-0.39, 0.29) is 0 Å². The van der Waals surface area contributed by atoms with Gasteiger partial charge in [0.05, 0.1) is 5.69 Å². The van der Waals surface area contributed by atoms with Crippen LogP contribution < -0.4 is 5.32 Å². The topological polar surface area (TPSA) is 37.8 Å². The van der Waals surface area contributed by atoms with Crippen LogP contribution >= 0.6 is 0 Å². The van der Waals surface area contributed by atoms with Crippen LogP contribution in [0.4, 0.5) is 10.1 Å². The third-order valence-corrected chi connectivity index (χ3v) is 5.23. The maximum Gasteiger partial charge on any atom is 0.147 e. The van der Waals surface area contributed by atoms with Crippen LogP contribution in [0.25, 0.3) is 16.8 Å². The highest BCUT2D eigenvalue weighted by Crippen LogP contribution is 2.29. The molecule has 0 aliphatic heterocycles. The van der Waals surface area contributed by atoms with E-state index in [4.69, 9.17) is 0 Å². The molecule has 3 rings (SSSR count). The average Bonchev–Trinajstić information content (AvgIpc) is 2.75. The Morgan fingerprint density at radius 3 is 2.61 bits per heavy atom. The van der Waals surface area contributed by atoms with Crippen molar-refractivity contribution in [1.29, 1.82) is 0 Å². The van der Waals surface area contributed by atoms with Gasteiger partial charge in [-0.05, 0) is 81.5 Å². The van der Waals surface area contributed by atoms with Crippen LogP contribution in [0, 0.1) is 6.92 Å². The van der Waals surface area contributed by atoms with E-state index >= 15 is 0 Å². The Labute approximate surface area is 184 Å². The summed E-state index contributed by atoms with van der Waals surface area (Å²) in [7, 11) is 0. The average molecular weight is 416 g/mol. The van der Waals surface area contributed by atoms with Crippen LogP contribution in [0.2, 0.25) is 0 Å². The number of anilines is 1. The molecule has 4 heteroatoms. The van der Waals surface area contributed by atoms with E-state index in [1.807, 2.05) is 24.4 Å². The second kappa shape index (κ2) is 9.69. The lowest BCUT2D eigenvalue weighted by Gasteiger charge is -2.16. The van der Waals surface area contributed by atoms with Crippen molar-refractivity contribution in [2.24, 2.45) is 0 Å². The van der Waals surface area contributed by atoms with Gasteiger partial charge in [-0.15, -0.1) is 6.58 Å². The minimum atomic E-state index is -1.50. The number of hydrogen-bond donors (Lipinski definition) is 1. The van der Waals surface area contributed by atoms with Gasteiger partial charge in [0.25, 0.3) is 0 Å². The largest absolute Gasteiger partial charge is 0.356 e. The fraction of sp³-hybridized carbons (Fsp3) is 0.259. The number of pyridine rings is 2. The van der Waals surface area contributed by atoms with Crippen LogP contribution in [-0.4, -0.2) is 9.97 Å². The fourth-order valence-corrected chi connectivity index (χ4v) is 3.36. The fourth-order valence-electron chi connectivity index (χ4n) is 3.36. The van der Waals surface area contributed by atoms with Gasteiger partial charge < -0.3 is 5.32 Å². The van der Waals surface area contributed by atoms with Gasteiger partial charge in [-0.2, -0.15) is 0 Å². The Kier molecular flexibility index (Phi) is 7.01. The Balaban J connectivity index is 1.78. The molecule has 0 aliphatic rings. The molecule has 1 N–H and O–H groups in total. The molecule has 0 bridgehead atoms. The minimum Gasteiger partial charge on any atom is -0.356 e. The van der Waals surface area contributed by atoms with Crippen LogP contribution in [0.1, 0.15) is 49.2 Å². The maximum absolute atomic E-state index is 14.3. The molecule has 31 heavy (non-hydrogen) atoms. The number of nitrogens with one attached hydrogen (secondary N) is 1. The van der Waals surface area contributed by atoms with Gasteiger partial charge in [0, 0.05) is 40.6 Å². The van der Waals surface area contributed by atoms with E-state index < -0.39 is 5.67 Å². The van der Waals surface area contributed by atoms with E-state index in [9.17, 15) is 4.39 Å². The number of allylic oxidation sites excluding steroid dienone is 1. The Morgan fingerprint density at radius 2 is 1.94 bits per heavy atom. The molecular formula is C27H30FN3. The van der Waals surface area contributed by atoms with Crippen LogP contribution in [0.3, 0.4) is 0 Å². The van der Waals surface area contributed by atoms with Crippen molar-refractivity contribution < 1.29 is 4.39 Å². The Morgan fingerprint density at radius 1 is 1.13 bits per heavy atom. The molecule has 0 saturated heterocycles. The first kappa shape index (κ1) is 22.4. The van der Waals surface area contributed by atoms with Gasteiger partial charge in [0.1, 0.15) is 5.67 Å². The van der Waals surface area contributed by atoms with E-state index in [1.165, 1.54) is 19.4 Å². The molecule has 0 fully saturated rings. The van der Waals surface area contributed by atoms with Gasteiger partial charge >= 0.3 is 0 Å². The zero-order chi connectivity index (χ0) is 22.4. The maximum atomic E-state index is 14.3. The molecule has 0 amide bonds. The lowest BCUT2D eigenvalue weighted by Crippen LogP contribution is -2.12. The number of benzene rings is 1. The molecule has 0 unspecified atom stereocenters. The molecule has 3 aromatic rings. The summed E-state index contributed by atoms with van der Waals surface area (Å²) in [6.07, 6.45) is 8.50. The molecule has 0 spiro atoms. The van der Waals surface area contributed by atoms with Crippen molar-refractivity contribution in [2.75, 3.05) is 5.32 Å². The SMILES string of the molecule is C=CCCCc1ccc(-c2cc(NC(=C)c3ccnc(C(C)(C)F)c3)ccc2C)cn1. The van der Waals surface area contributed by atoms with Crippen LogP contribution in [0.5, 0.6) is 0 Å². The second-order valence-electron chi connectivity index (χ2n) is 8.25. The first-order valence-corrected chi connectivity index (χ1v) is 10.6. The third-order valence-electron chi connectivity index (χ3n) is 5.23. The highest BCUT2D eigenvalue weighted by molar-refractivity contribution is 5.79. The number of halogens is 1. The van der Waals surface area contributed by atoms with Crippen molar-refractivity contribution in [3.8, 4) is 11.1 Å². The number of aryl methyl sites for hydroxylation is 2. The number of aromatic nitrogens is 2. The van der Waals surface area contributed by atoms with Gasteiger partial charge in [0.15, 0.2) is 0 Å². The summed E-state index contributed by atoms with van der Waals surface area (Å²) >= 11 is 0. The van der Waals surface area contributed by atoms with E-state index in [2.05, 4.69) is 59.6 Å². The van der Waals surface area contributed by atoms with Gasteiger partial charge in [-0.3, -0.25) is 9.97 Å². The lowest BCUT2D eigenvalue weighted by atomic mass is 10.00. The molecule has 3 nitrogen and oxygen atoms in total. The summed E-state index contributed by atoms with van der Waals surface area (Å²) < 4.78 is 14.3. The lowest BCUT2D eigenvalue weighted by molar-refractivity contribution is 0.214. The zero-order valence-electron chi connectivity index (χ0n) is 18.6. The number of alkyl halides is 1. The van der Waals surface area contributed by atoms with Crippen LogP contribution in [0.15, 0.2) is 74.1 Å². The van der Waals surface area contributed by atoms with Crippen molar-refractivity contribution in [2.45, 2.75) is 45.7 Å². The van der Waals surface area contributed by atoms with Gasteiger partial charge in [-0.25, -0.2) is 4.39 Å². The number of nitrogens with zero attached hydrogens (tertiary/aromatic N) is 2. The Hall–Kier alpha value is -3.27. The van der Waals surface area contributed by atoms with Gasteiger partial charge in [-0.1, -0.05) is 24.8 Å². The first-order chi connectivity index (χ1) is 14.8. The zero-order valence-corrected chi connectivity index (χ0v) is 18.6. The van der Waals surface area contributed by atoms with E-state index in [0.717, 1.165) is 47.3 Å². The molecule has 0 atom stereocenters. The molecule has 160 valence electrons. The van der Waals surface area contributed by atoms with Crippen molar-refractivity contribution >= 4 is 11.4 Å². The highest BCUT2D eigenvalue weighted by Gasteiger charge is 2.21. The first-order valence-electron chi connectivity index (χ1n) is 10.6. The number of rotatable bonds is 9. The smallest absolute Gasteiger partial charge is 0.147 e. The molecule has 0 radical (unpaired) electrons. The van der Waals surface area contributed by atoms with Crippen molar-refractivity contribution in [1.82, 2.24) is 9.97 Å². The summed E-state index contributed by atoms with van der Waals surface area (Å²) in [6, 6.07) is 14.0. The monoisotopic (exact) mass is 415 g/mol. The molecule has 0 saturated carbocycles. The molecule has 1 aromatic carbocycles. The predicted octanol–water partition coefficient (Wildman–Crippen LogP) is 7.25. The molecule has 0 aliphatic carbocycles. The molecule has 2 aromatic heterocycles. The summed E-state index contributed by atoms with van der Waals surface area (Å²) in [6.45, 7) is 13.0. The van der Waals surface area contributed by atoms with E-state index in [1.54, 1.807) is 12.3 Å². The van der Waals surface area contributed by atoms with Crippen LogP contribution in [-0.2, 0) is 12.1 Å². The summed E-state index contributed by atoms with van der Waals surface area (Å²) in [5.41, 5.74) is 5.75. The summed E-state index contributed by atoms with van der Waals surface area (Å²) in [5.74, 6) is 0. The van der Waals surface area contributed by atoms with Gasteiger partial charge in [0.2, 0.25) is 0 Å². The predicted molar refractivity (Wildman–Crippen MR) is 129 cm³/mol. The minimum absolute atomic E-state index is 0.386. The Bertz CT molecular complexity index is 1060. The van der Waals surface area contributed by atoms with Crippen molar-refractivity contribution in [3.63, 3.8) is 0 Å². The van der Waals surface area contributed by atoms with E-state index in [0.29, 0.717) is 11.4 Å². The third kappa shape index (κ3) is 5.88. The normalized spacial score (nSPS) is 11.2. The van der Waals surface area contributed by atoms with Crippen molar-refractivity contribution in [3.05, 3.63) is 96.6 Å². The quantitative estimate of drug-likeness (QED) is 0.295. The molecular weight excluding hydrogens is 385 g/mol. The highest BCUT2D eigenvalue weighted by atomic mass is 19.1. The number of unbranched alkanes of at least 4 members (excludes halogenated alkanes) is 1.